The lowest BCUT2D eigenvalue weighted by Gasteiger charge is -2.34. The van der Waals surface area contributed by atoms with Crippen molar-refractivity contribution in [1.82, 2.24) is 14.8 Å². The molecule has 3 aromatic rings. The lowest BCUT2D eigenvalue weighted by atomic mass is 10.1. The number of sulfonamides is 1. The second-order valence-electron chi connectivity index (χ2n) is 7.54. The first-order valence-electron chi connectivity index (χ1n) is 10.2. The van der Waals surface area contributed by atoms with Gasteiger partial charge in [0.15, 0.2) is 0 Å². The average Bonchev–Trinajstić information content (AvgIpc) is 2.81. The van der Waals surface area contributed by atoms with Crippen LogP contribution in [0.3, 0.4) is 0 Å². The Morgan fingerprint density at radius 1 is 1.00 bits per heavy atom. The van der Waals surface area contributed by atoms with E-state index in [0.717, 1.165) is 12.1 Å². The van der Waals surface area contributed by atoms with Crippen molar-refractivity contribution in [3.8, 4) is 0 Å². The zero-order valence-electron chi connectivity index (χ0n) is 17.3. The monoisotopic (exact) mass is 454 g/mol. The largest absolute Gasteiger partial charge is 0.336 e. The Bertz CT molecular complexity index is 1200. The number of aromatic nitrogens is 1. The van der Waals surface area contributed by atoms with Crippen molar-refractivity contribution in [3.63, 3.8) is 0 Å². The highest BCUT2D eigenvalue weighted by Gasteiger charge is 2.24. The minimum atomic E-state index is -4.04. The first-order valence-corrected chi connectivity index (χ1v) is 11.7. The van der Waals surface area contributed by atoms with Crippen molar-refractivity contribution in [2.45, 2.75) is 11.4 Å². The third-order valence-electron chi connectivity index (χ3n) is 5.30. The minimum Gasteiger partial charge on any atom is -0.336 e. The van der Waals surface area contributed by atoms with Gasteiger partial charge in [0.25, 0.3) is 15.9 Å². The van der Waals surface area contributed by atoms with Gasteiger partial charge in [0, 0.05) is 50.7 Å². The van der Waals surface area contributed by atoms with Crippen molar-refractivity contribution in [1.29, 1.82) is 0 Å². The number of pyridine rings is 1. The van der Waals surface area contributed by atoms with Crippen LogP contribution >= 0.6 is 0 Å². The number of para-hydroxylation sites is 1. The molecule has 0 unspecified atom stereocenters. The summed E-state index contributed by atoms with van der Waals surface area (Å²) in [5.74, 6) is -0.901. The van der Waals surface area contributed by atoms with Gasteiger partial charge in [-0.3, -0.25) is 19.4 Å². The van der Waals surface area contributed by atoms with Crippen LogP contribution in [0.25, 0.3) is 0 Å². The van der Waals surface area contributed by atoms with Crippen LogP contribution in [0, 0.1) is 5.82 Å². The van der Waals surface area contributed by atoms with Crippen LogP contribution < -0.4 is 4.72 Å². The number of benzene rings is 2. The molecule has 1 N–H and O–H groups in total. The summed E-state index contributed by atoms with van der Waals surface area (Å²) in [7, 11) is -4.04. The van der Waals surface area contributed by atoms with Crippen molar-refractivity contribution in [3.05, 3.63) is 90.0 Å². The number of nitrogens with one attached hydrogen (secondary N) is 1. The van der Waals surface area contributed by atoms with Gasteiger partial charge in [-0.05, 0) is 42.0 Å². The summed E-state index contributed by atoms with van der Waals surface area (Å²) < 4.78 is 41.5. The number of piperazine rings is 1. The van der Waals surface area contributed by atoms with Crippen molar-refractivity contribution in [2.24, 2.45) is 0 Å². The van der Waals surface area contributed by atoms with E-state index in [9.17, 15) is 17.6 Å². The van der Waals surface area contributed by atoms with Crippen LogP contribution in [0.5, 0.6) is 0 Å². The van der Waals surface area contributed by atoms with E-state index in [1.807, 2.05) is 18.3 Å². The molecule has 0 atom stereocenters. The molecule has 0 radical (unpaired) electrons. The molecule has 4 rings (SSSR count). The number of rotatable bonds is 6. The normalized spacial score (nSPS) is 14.8. The van der Waals surface area contributed by atoms with Gasteiger partial charge in [0.2, 0.25) is 0 Å². The van der Waals surface area contributed by atoms with Crippen molar-refractivity contribution < 1.29 is 17.6 Å². The molecule has 32 heavy (non-hydrogen) atoms. The van der Waals surface area contributed by atoms with Gasteiger partial charge in [-0.1, -0.05) is 24.3 Å². The predicted octanol–water partition coefficient (Wildman–Crippen LogP) is 2.98. The van der Waals surface area contributed by atoms with Crippen LogP contribution in [0.1, 0.15) is 15.9 Å². The van der Waals surface area contributed by atoms with Crippen LogP contribution in [-0.2, 0) is 16.6 Å². The van der Waals surface area contributed by atoms with Crippen LogP contribution in [0.4, 0.5) is 10.1 Å². The molecule has 1 saturated heterocycles. The molecule has 2 aromatic carbocycles. The van der Waals surface area contributed by atoms with Gasteiger partial charge in [0.05, 0.1) is 10.6 Å². The first-order chi connectivity index (χ1) is 15.4. The number of halogens is 1. The topological polar surface area (TPSA) is 82.6 Å². The van der Waals surface area contributed by atoms with Crippen molar-refractivity contribution in [2.75, 3.05) is 30.9 Å². The summed E-state index contributed by atoms with van der Waals surface area (Å²) in [4.78, 5) is 21.0. The number of hydrogen-bond acceptors (Lipinski definition) is 5. The summed E-state index contributed by atoms with van der Waals surface area (Å²) in [6.07, 6.45) is 3.57. The summed E-state index contributed by atoms with van der Waals surface area (Å²) >= 11 is 0. The average molecular weight is 455 g/mol. The van der Waals surface area contributed by atoms with Crippen LogP contribution in [0.2, 0.25) is 0 Å². The summed E-state index contributed by atoms with van der Waals surface area (Å²) in [6, 6.07) is 15.3. The number of nitrogens with zero attached hydrogens (tertiary/aromatic N) is 3. The Hall–Kier alpha value is -3.30. The summed E-state index contributed by atoms with van der Waals surface area (Å²) in [5, 5.41) is 0. The maximum Gasteiger partial charge on any atom is 0.262 e. The molecule has 1 aromatic heterocycles. The Labute approximate surface area is 186 Å². The van der Waals surface area contributed by atoms with E-state index < -0.39 is 15.8 Å². The van der Waals surface area contributed by atoms with Gasteiger partial charge >= 0.3 is 0 Å². The molecule has 1 aliphatic heterocycles. The van der Waals surface area contributed by atoms with E-state index in [2.05, 4.69) is 14.6 Å². The molecule has 1 amide bonds. The van der Waals surface area contributed by atoms with Gasteiger partial charge < -0.3 is 4.90 Å². The highest BCUT2D eigenvalue weighted by atomic mass is 32.2. The fourth-order valence-electron chi connectivity index (χ4n) is 3.59. The highest BCUT2D eigenvalue weighted by molar-refractivity contribution is 7.92. The number of carbonyl (C=O) groups is 1. The van der Waals surface area contributed by atoms with Gasteiger partial charge in [-0.25, -0.2) is 12.8 Å². The SMILES string of the molecule is O=C(c1cccc(S(=O)(=O)Nc2ccccc2F)c1)N1CCN(Cc2cccnc2)CC1. The number of hydrogen-bond donors (Lipinski definition) is 1. The molecule has 1 aliphatic rings. The summed E-state index contributed by atoms with van der Waals surface area (Å²) in [5.41, 5.74) is 1.25. The number of carbonyl (C=O) groups excluding carboxylic acids is 1. The highest BCUT2D eigenvalue weighted by Crippen LogP contribution is 2.20. The Morgan fingerprint density at radius 2 is 1.78 bits per heavy atom. The molecule has 0 bridgehead atoms. The van der Waals surface area contributed by atoms with Gasteiger partial charge in [-0.15, -0.1) is 0 Å². The fraction of sp³-hybridized carbons (Fsp3) is 0.217. The fourth-order valence-corrected chi connectivity index (χ4v) is 4.70. The molecular formula is C23H23FN4O3S. The maximum absolute atomic E-state index is 13.9. The van der Waals surface area contributed by atoms with Crippen molar-refractivity contribution >= 4 is 21.6 Å². The molecule has 7 nitrogen and oxygen atoms in total. The zero-order valence-corrected chi connectivity index (χ0v) is 18.1. The zero-order chi connectivity index (χ0) is 22.6. The second kappa shape index (κ2) is 9.46. The predicted molar refractivity (Wildman–Crippen MR) is 119 cm³/mol. The van der Waals surface area contributed by atoms with E-state index in [4.69, 9.17) is 0 Å². The standard InChI is InChI=1S/C23H23FN4O3S/c24-21-8-1-2-9-22(21)26-32(30,31)20-7-3-6-19(15-20)23(29)28-13-11-27(12-14-28)17-18-5-4-10-25-16-18/h1-10,15-16,26H,11-14,17H2. The third-order valence-corrected chi connectivity index (χ3v) is 6.66. The number of anilines is 1. The maximum atomic E-state index is 13.9. The van der Waals surface area contributed by atoms with Crippen LogP contribution in [-0.4, -0.2) is 55.3 Å². The Kier molecular flexibility index (Phi) is 6.48. The van der Waals surface area contributed by atoms with Gasteiger partial charge in [-0.2, -0.15) is 0 Å². The quantitative estimate of drug-likeness (QED) is 0.619. The molecule has 0 saturated carbocycles. The molecule has 9 heteroatoms. The molecular weight excluding hydrogens is 431 g/mol. The third kappa shape index (κ3) is 5.12. The molecule has 0 spiro atoms. The lowest BCUT2D eigenvalue weighted by molar-refractivity contribution is 0.0628. The molecule has 0 aliphatic carbocycles. The van der Waals surface area contributed by atoms with E-state index in [1.165, 1.54) is 42.5 Å². The molecule has 166 valence electrons. The smallest absolute Gasteiger partial charge is 0.262 e. The first kappa shape index (κ1) is 21.9. The van der Waals surface area contributed by atoms with E-state index >= 15 is 0 Å². The Morgan fingerprint density at radius 3 is 2.50 bits per heavy atom. The summed E-state index contributed by atoms with van der Waals surface area (Å²) in [6.45, 7) is 3.29. The minimum absolute atomic E-state index is 0.0955. The Balaban J connectivity index is 1.42. The van der Waals surface area contributed by atoms with E-state index in [0.29, 0.717) is 26.2 Å². The molecule has 2 heterocycles. The molecule has 1 fully saturated rings. The van der Waals surface area contributed by atoms with E-state index in [1.54, 1.807) is 17.2 Å². The van der Waals surface area contributed by atoms with Crippen LogP contribution in [0.15, 0.2) is 78.0 Å². The lowest BCUT2D eigenvalue weighted by Crippen LogP contribution is -2.48. The number of amides is 1. The van der Waals surface area contributed by atoms with Gasteiger partial charge in [0.1, 0.15) is 5.82 Å². The second-order valence-corrected chi connectivity index (χ2v) is 9.23. The van der Waals surface area contributed by atoms with E-state index in [-0.39, 0.29) is 22.1 Å².